The topological polar surface area (TPSA) is 72.3 Å². The van der Waals surface area contributed by atoms with E-state index in [9.17, 15) is 4.79 Å². The van der Waals surface area contributed by atoms with Gasteiger partial charge in [-0.3, -0.25) is 4.79 Å². The number of aromatic nitrogens is 3. The number of nitrogens with one attached hydrogen (secondary N) is 1. The van der Waals surface area contributed by atoms with E-state index in [1.54, 1.807) is 7.11 Å². The maximum absolute atomic E-state index is 13.7. The van der Waals surface area contributed by atoms with Crippen LogP contribution >= 0.6 is 0 Å². The van der Waals surface area contributed by atoms with Crippen LogP contribution in [0, 0.1) is 0 Å². The largest absolute Gasteiger partial charge is 0.496 e. The number of methoxy groups -OCH3 is 1. The Bertz CT molecular complexity index is 1550. The van der Waals surface area contributed by atoms with Crippen LogP contribution in [0.1, 0.15) is 33.2 Å². The van der Waals surface area contributed by atoms with Crippen LogP contribution in [-0.4, -0.2) is 32.9 Å². The van der Waals surface area contributed by atoms with E-state index in [2.05, 4.69) is 21.7 Å². The summed E-state index contributed by atoms with van der Waals surface area (Å²) in [6, 6.07) is 31.7. The molecule has 36 heavy (non-hydrogen) atoms. The van der Waals surface area contributed by atoms with Crippen molar-refractivity contribution in [2.45, 2.75) is 19.3 Å². The first-order chi connectivity index (χ1) is 17.7. The second-order valence-corrected chi connectivity index (χ2v) is 8.82. The van der Waals surface area contributed by atoms with Crippen LogP contribution in [0.25, 0.3) is 11.0 Å². The van der Waals surface area contributed by atoms with Crippen molar-refractivity contribution in [3.8, 4) is 5.75 Å². The number of hydrogen-bond donors (Lipinski definition) is 1. The van der Waals surface area contributed by atoms with E-state index >= 15 is 0 Å². The second-order valence-electron chi connectivity index (χ2n) is 8.82. The highest BCUT2D eigenvalue weighted by Crippen LogP contribution is 2.36. The van der Waals surface area contributed by atoms with Gasteiger partial charge in [-0.2, -0.15) is 0 Å². The van der Waals surface area contributed by atoms with E-state index in [0.717, 1.165) is 39.2 Å². The number of carbonyl (C=O) groups excluding carboxylic acids is 1. The van der Waals surface area contributed by atoms with E-state index in [-0.39, 0.29) is 12.1 Å². The zero-order valence-electron chi connectivity index (χ0n) is 19.8. The third kappa shape index (κ3) is 3.94. The molecule has 6 rings (SSSR count). The lowest BCUT2D eigenvalue weighted by molar-refractivity contribution is 0.0666. The lowest BCUT2D eigenvalue weighted by atomic mass is 10.0. The van der Waals surface area contributed by atoms with Crippen LogP contribution in [0.4, 0.5) is 5.69 Å². The minimum absolute atomic E-state index is 0.00200. The molecule has 178 valence electrons. The third-order valence-electron chi connectivity index (χ3n) is 6.58. The molecular formula is C29H25N5O2. The highest BCUT2D eigenvalue weighted by molar-refractivity contribution is 6.01. The fraction of sp³-hybridized carbons (Fsp3) is 0.138. The molecule has 0 bridgehead atoms. The number of hydrogen-bond acceptors (Lipinski definition) is 5. The zero-order valence-corrected chi connectivity index (χ0v) is 19.8. The summed E-state index contributed by atoms with van der Waals surface area (Å²) in [6.07, 6.45) is -0.343. The molecule has 0 radical (unpaired) electrons. The van der Waals surface area contributed by atoms with Gasteiger partial charge in [0, 0.05) is 17.8 Å². The van der Waals surface area contributed by atoms with Crippen LogP contribution in [0.3, 0.4) is 0 Å². The number of para-hydroxylation sites is 2. The predicted octanol–water partition coefficient (Wildman–Crippen LogP) is 5.25. The Morgan fingerprint density at radius 2 is 1.67 bits per heavy atom. The summed E-state index contributed by atoms with van der Waals surface area (Å²) in [5.41, 5.74) is 6.30. The summed E-state index contributed by atoms with van der Waals surface area (Å²) < 4.78 is 7.55. The van der Waals surface area contributed by atoms with Crippen molar-refractivity contribution in [1.29, 1.82) is 0 Å². The van der Waals surface area contributed by atoms with E-state index in [4.69, 9.17) is 4.74 Å². The lowest BCUT2D eigenvalue weighted by Crippen LogP contribution is -2.42. The van der Waals surface area contributed by atoms with Gasteiger partial charge in [0.1, 0.15) is 17.4 Å². The van der Waals surface area contributed by atoms with Crippen LogP contribution in [-0.2, 0) is 13.1 Å². The highest BCUT2D eigenvalue weighted by atomic mass is 16.5. The molecule has 2 heterocycles. The Morgan fingerprint density at radius 1 is 0.889 bits per heavy atom. The molecular weight excluding hydrogens is 450 g/mol. The molecule has 1 aliphatic rings. The van der Waals surface area contributed by atoms with Gasteiger partial charge in [-0.1, -0.05) is 65.9 Å². The first-order valence-electron chi connectivity index (χ1n) is 11.9. The van der Waals surface area contributed by atoms with Gasteiger partial charge in [0.05, 0.1) is 24.7 Å². The average Bonchev–Trinajstić information content (AvgIpc) is 3.33. The Kier molecular flexibility index (Phi) is 5.58. The van der Waals surface area contributed by atoms with Gasteiger partial charge in [0.2, 0.25) is 0 Å². The molecule has 0 saturated carbocycles. The third-order valence-corrected chi connectivity index (χ3v) is 6.58. The molecule has 0 fully saturated rings. The van der Waals surface area contributed by atoms with Gasteiger partial charge in [0.15, 0.2) is 0 Å². The van der Waals surface area contributed by atoms with Crippen LogP contribution in [0.2, 0.25) is 0 Å². The summed E-state index contributed by atoms with van der Waals surface area (Å²) in [6.45, 7) is 0.980. The molecule has 0 spiro atoms. The van der Waals surface area contributed by atoms with Crippen molar-refractivity contribution in [3.63, 3.8) is 0 Å². The number of amides is 1. The number of anilines is 1. The number of fused-ring (bicyclic) bond motifs is 2. The predicted molar refractivity (Wildman–Crippen MR) is 139 cm³/mol. The molecule has 0 unspecified atom stereocenters. The van der Waals surface area contributed by atoms with Crippen molar-refractivity contribution in [2.24, 2.45) is 0 Å². The van der Waals surface area contributed by atoms with Crippen molar-refractivity contribution < 1.29 is 9.53 Å². The second kappa shape index (κ2) is 9.19. The van der Waals surface area contributed by atoms with Gasteiger partial charge in [-0.05, 0) is 47.5 Å². The monoisotopic (exact) mass is 475 g/mol. The summed E-state index contributed by atoms with van der Waals surface area (Å²) in [5.74, 6) is 0.758. The van der Waals surface area contributed by atoms with Crippen molar-refractivity contribution in [2.75, 3.05) is 12.4 Å². The SMILES string of the molecule is COc1ccc([C@@H]2Nc3ccccc3C(=O)N2Cc2ccccc2)cc1Cn1nnc2ccccc21. The van der Waals surface area contributed by atoms with Gasteiger partial charge >= 0.3 is 0 Å². The number of carbonyl (C=O) groups is 1. The van der Waals surface area contributed by atoms with E-state index in [1.165, 1.54) is 0 Å². The molecule has 1 atom stereocenters. The van der Waals surface area contributed by atoms with Crippen LogP contribution in [0.5, 0.6) is 5.75 Å². The van der Waals surface area contributed by atoms with Gasteiger partial charge in [-0.15, -0.1) is 5.10 Å². The van der Waals surface area contributed by atoms with Gasteiger partial charge in [-0.25, -0.2) is 4.68 Å². The first-order valence-corrected chi connectivity index (χ1v) is 11.9. The molecule has 5 aromatic rings. The fourth-order valence-corrected chi connectivity index (χ4v) is 4.79. The molecule has 4 aromatic carbocycles. The number of benzene rings is 4. The van der Waals surface area contributed by atoms with Crippen molar-refractivity contribution >= 4 is 22.6 Å². The first kappa shape index (κ1) is 21.9. The Hall–Kier alpha value is -4.65. The number of nitrogens with zero attached hydrogens (tertiary/aromatic N) is 4. The summed E-state index contributed by atoms with van der Waals surface area (Å²) in [4.78, 5) is 15.5. The summed E-state index contributed by atoms with van der Waals surface area (Å²) in [5, 5.41) is 12.2. The quantitative estimate of drug-likeness (QED) is 0.363. The van der Waals surface area contributed by atoms with E-state index in [1.807, 2.05) is 101 Å². The molecule has 1 aromatic heterocycles. The average molecular weight is 476 g/mol. The minimum atomic E-state index is -0.343. The van der Waals surface area contributed by atoms with Crippen LogP contribution < -0.4 is 10.1 Å². The number of rotatable bonds is 6. The maximum Gasteiger partial charge on any atom is 0.258 e. The fourth-order valence-electron chi connectivity index (χ4n) is 4.79. The van der Waals surface area contributed by atoms with Crippen molar-refractivity contribution in [1.82, 2.24) is 19.9 Å². The Morgan fingerprint density at radius 3 is 2.53 bits per heavy atom. The van der Waals surface area contributed by atoms with E-state index < -0.39 is 0 Å². The molecule has 7 nitrogen and oxygen atoms in total. The molecule has 1 amide bonds. The lowest BCUT2D eigenvalue weighted by Gasteiger charge is -2.38. The normalized spacial score (nSPS) is 15.0. The smallest absolute Gasteiger partial charge is 0.258 e. The molecule has 7 heteroatoms. The molecule has 0 aliphatic carbocycles. The standard InChI is InChI=1S/C29H25N5O2/c1-36-27-16-15-21(17-22(27)19-34-26-14-8-7-13-25(26)31-32-34)28-30-24-12-6-5-11-23(24)29(35)33(28)18-20-9-3-2-4-10-20/h2-17,28,30H,18-19H2,1H3/t28-/m1/s1. The highest BCUT2D eigenvalue weighted by Gasteiger charge is 2.33. The molecule has 1 N–H and O–H groups in total. The Labute approximate surface area is 208 Å². The van der Waals surface area contributed by atoms with E-state index in [0.29, 0.717) is 18.7 Å². The minimum Gasteiger partial charge on any atom is -0.496 e. The van der Waals surface area contributed by atoms with Gasteiger partial charge in [0.25, 0.3) is 5.91 Å². The summed E-state index contributed by atoms with van der Waals surface area (Å²) in [7, 11) is 1.66. The maximum atomic E-state index is 13.7. The van der Waals surface area contributed by atoms with Gasteiger partial charge < -0.3 is 15.0 Å². The van der Waals surface area contributed by atoms with Crippen LogP contribution in [0.15, 0.2) is 97.1 Å². The zero-order chi connectivity index (χ0) is 24.5. The molecule has 0 saturated heterocycles. The summed E-state index contributed by atoms with van der Waals surface area (Å²) >= 11 is 0. The number of ether oxygens (including phenoxy) is 1. The molecule has 1 aliphatic heterocycles. The van der Waals surface area contributed by atoms with Crippen molar-refractivity contribution in [3.05, 3.63) is 119 Å². The Balaban J connectivity index is 1.40.